The van der Waals surface area contributed by atoms with E-state index >= 15 is 0 Å². The summed E-state index contributed by atoms with van der Waals surface area (Å²) in [5.41, 5.74) is 1.28. The lowest BCUT2D eigenvalue weighted by atomic mass is 9.93. The highest BCUT2D eigenvalue weighted by Crippen LogP contribution is 2.39. The van der Waals surface area contributed by atoms with Gasteiger partial charge in [-0.05, 0) is 35.4 Å². The first kappa shape index (κ1) is 18.4. The van der Waals surface area contributed by atoms with Gasteiger partial charge < -0.3 is 10.4 Å². The predicted octanol–water partition coefficient (Wildman–Crippen LogP) is 3.68. The van der Waals surface area contributed by atoms with Crippen molar-refractivity contribution in [3.63, 3.8) is 0 Å². The molecule has 1 aliphatic rings. The van der Waals surface area contributed by atoms with Crippen molar-refractivity contribution in [3.05, 3.63) is 57.6 Å². The van der Waals surface area contributed by atoms with E-state index in [-0.39, 0.29) is 30.3 Å². The molecule has 1 aliphatic heterocycles. The molecule has 0 fully saturated rings. The number of amides is 1. The summed E-state index contributed by atoms with van der Waals surface area (Å²) < 4.78 is 39.6. The molecule has 4 nitrogen and oxygen atoms in total. The van der Waals surface area contributed by atoms with Gasteiger partial charge in [0, 0.05) is 34.5 Å². The average Bonchev–Trinajstić information content (AvgIpc) is 3.06. The van der Waals surface area contributed by atoms with Crippen molar-refractivity contribution in [2.24, 2.45) is 4.99 Å². The van der Waals surface area contributed by atoms with Crippen molar-refractivity contribution in [2.75, 3.05) is 13.2 Å². The third-order valence-electron chi connectivity index (χ3n) is 3.99. The average molecular weight is 383 g/mol. The zero-order valence-corrected chi connectivity index (χ0v) is 14.2. The van der Waals surface area contributed by atoms with E-state index in [9.17, 15) is 18.0 Å². The summed E-state index contributed by atoms with van der Waals surface area (Å²) in [4.78, 5) is 16.0. The van der Waals surface area contributed by atoms with Crippen LogP contribution in [0.1, 0.15) is 27.0 Å². The summed E-state index contributed by atoms with van der Waals surface area (Å²) in [5, 5.41) is 11.4. The van der Waals surface area contributed by atoms with Gasteiger partial charge in [0.2, 0.25) is 0 Å². The molecule has 8 heteroatoms. The van der Waals surface area contributed by atoms with Crippen molar-refractivity contribution in [3.8, 4) is 11.1 Å². The van der Waals surface area contributed by atoms with Gasteiger partial charge in [0.25, 0.3) is 5.91 Å². The van der Waals surface area contributed by atoms with Crippen LogP contribution < -0.4 is 5.32 Å². The number of nitrogens with one attached hydrogen (secondary N) is 1. The fourth-order valence-electron chi connectivity index (χ4n) is 2.76. The number of aliphatic imine (C=N–C) groups is 1. The number of hydrogen-bond donors (Lipinski definition) is 2. The van der Waals surface area contributed by atoms with E-state index in [2.05, 4.69) is 10.3 Å². The van der Waals surface area contributed by atoms with E-state index < -0.39 is 17.6 Å². The van der Waals surface area contributed by atoms with E-state index in [1.807, 2.05) is 0 Å². The number of carbonyl (C=O) groups excluding carboxylic acids is 1. The molecule has 3 rings (SSSR count). The molecule has 0 saturated heterocycles. The molecule has 0 radical (unpaired) electrons. The molecule has 0 bridgehead atoms. The minimum atomic E-state index is -4.48. The fraction of sp³-hybridized carbons (Fsp3) is 0.222. The minimum absolute atomic E-state index is 0.0931. The Morgan fingerprint density at radius 2 is 2.00 bits per heavy atom. The van der Waals surface area contributed by atoms with Gasteiger partial charge in [-0.1, -0.05) is 17.7 Å². The summed E-state index contributed by atoms with van der Waals surface area (Å²) in [6, 6.07) is 6.52. The quantitative estimate of drug-likeness (QED) is 0.847. The van der Waals surface area contributed by atoms with E-state index in [1.54, 1.807) is 0 Å². The molecule has 0 saturated carbocycles. The molecule has 0 spiro atoms. The molecular weight excluding hydrogens is 369 g/mol. The molecule has 1 heterocycles. The predicted molar refractivity (Wildman–Crippen MR) is 92.6 cm³/mol. The molecule has 26 heavy (non-hydrogen) atoms. The standard InChI is InChI=1S/C18H14ClF3N2O2/c19-16-6-10(17(26)24-3-4-25)1-2-13(16)14-7-12(18(20,21)22)5-11-8-23-9-15(11)14/h1-2,5-7,9,25H,3-4,8H2,(H,24,26). The van der Waals surface area contributed by atoms with Crippen LogP contribution >= 0.6 is 11.6 Å². The van der Waals surface area contributed by atoms with E-state index in [4.69, 9.17) is 16.7 Å². The number of fused-ring (bicyclic) bond motifs is 1. The van der Waals surface area contributed by atoms with Crippen molar-refractivity contribution in [1.29, 1.82) is 0 Å². The molecule has 2 N–H and O–H groups in total. The number of benzene rings is 2. The van der Waals surface area contributed by atoms with Gasteiger partial charge in [0.1, 0.15) is 0 Å². The maximum Gasteiger partial charge on any atom is 0.416 e. The molecule has 0 unspecified atom stereocenters. The molecule has 0 aromatic heterocycles. The Morgan fingerprint density at radius 1 is 1.23 bits per heavy atom. The Kier molecular flexibility index (Phi) is 5.02. The molecule has 2 aromatic carbocycles. The second-order valence-electron chi connectivity index (χ2n) is 5.74. The number of aliphatic hydroxyl groups excluding tert-OH is 1. The van der Waals surface area contributed by atoms with Crippen molar-refractivity contribution >= 4 is 23.7 Å². The van der Waals surface area contributed by atoms with Crippen molar-refractivity contribution in [1.82, 2.24) is 5.32 Å². The lowest BCUT2D eigenvalue weighted by Gasteiger charge is -2.15. The Bertz CT molecular complexity index is 895. The molecule has 1 amide bonds. The third-order valence-corrected chi connectivity index (χ3v) is 4.31. The maximum atomic E-state index is 13.2. The second-order valence-corrected chi connectivity index (χ2v) is 6.15. The van der Waals surface area contributed by atoms with Gasteiger partial charge in [0.15, 0.2) is 0 Å². The largest absolute Gasteiger partial charge is 0.416 e. The van der Waals surface area contributed by atoms with Crippen LogP contribution in [0.5, 0.6) is 0 Å². The Labute approximate surface area is 152 Å². The van der Waals surface area contributed by atoms with Crippen LogP contribution in [-0.4, -0.2) is 30.4 Å². The Hall–Kier alpha value is -2.38. The first-order valence-corrected chi connectivity index (χ1v) is 8.12. The van der Waals surface area contributed by atoms with Gasteiger partial charge in [0.05, 0.1) is 18.7 Å². The van der Waals surface area contributed by atoms with Gasteiger partial charge in [-0.3, -0.25) is 9.79 Å². The third kappa shape index (κ3) is 3.59. The van der Waals surface area contributed by atoms with Crippen LogP contribution in [0.4, 0.5) is 13.2 Å². The van der Waals surface area contributed by atoms with E-state index in [0.717, 1.165) is 12.1 Å². The number of nitrogens with zero attached hydrogens (tertiary/aromatic N) is 1. The summed E-state index contributed by atoms with van der Waals surface area (Å²) in [6.45, 7) is 0.0780. The number of carbonyl (C=O) groups is 1. The van der Waals surface area contributed by atoms with Crippen molar-refractivity contribution < 1.29 is 23.1 Å². The number of hydrogen-bond acceptors (Lipinski definition) is 3. The summed E-state index contributed by atoms with van der Waals surface area (Å²) in [5.74, 6) is -0.427. The van der Waals surface area contributed by atoms with Crippen LogP contribution in [0.25, 0.3) is 11.1 Å². The minimum Gasteiger partial charge on any atom is -0.395 e. The van der Waals surface area contributed by atoms with Gasteiger partial charge in [-0.2, -0.15) is 13.2 Å². The van der Waals surface area contributed by atoms with Crippen LogP contribution in [0, 0.1) is 0 Å². The van der Waals surface area contributed by atoms with Crippen LogP contribution in [0.15, 0.2) is 35.3 Å². The monoisotopic (exact) mass is 382 g/mol. The lowest BCUT2D eigenvalue weighted by molar-refractivity contribution is -0.137. The molecule has 2 aromatic rings. The van der Waals surface area contributed by atoms with Crippen LogP contribution in [0.2, 0.25) is 5.02 Å². The smallest absolute Gasteiger partial charge is 0.395 e. The molecule has 136 valence electrons. The normalized spacial score (nSPS) is 13.0. The van der Waals surface area contributed by atoms with Crippen LogP contribution in [-0.2, 0) is 12.7 Å². The Morgan fingerprint density at radius 3 is 2.65 bits per heavy atom. The van der Waals surface area contributed by atoms with Gasteiger partial charge in [-0.15, -0.1) is 0 Å². The lowest BCUT2D eigenvalue weighted by Crippen LogP contribution is -2.26. The first-order chi connectivity index (χ1) is 12.3. The molecule has 0 aliphatic carbocycles. The zero-order valence-electron chi connectivity index (χ0n) is 13.4. The maximum absolute atomic E-state index is 13.2. The highest BCUT2D eigenvalue weighted by molar-refractivity contribution is 6.34. The van der Waals surface area contributed by atoms with Crippen molar-refractivity contribution in [2.45, 2.75) is 12.7 Å². The summed E-state index contributed by atoms with van der Waals surface area (Å²) in [6.07, 6.45) is -2.95. The Balaban J connectivity index is 2.05. The van der Waals surface area contributed by atoms with E-state index in [0.29, 0.717) is 22.3 Å². The molecular formula is C18H14ClF3N2O2. The fourth-order valence-corrected chi connectivity index (χ4v) is 3.05. The summed E-state index contributed by atoms with van der Waals surface area (Å²) in [7, 11) is 0. The number of aliphatic hydroxyl groups is 1. The number of rotatable bonds is 4. The number of alkyl halides is 3. The second kappa shape index (κ2) is 7.09. The zero-order chi connectivity index (χ0) is 18.9. The number of halogens is 4. The first-order valence-electron chi connectivity index (χ1n) is 7.74. The molecule has 0 atom stereocenters. The van der Waals surface area contributed by atoms with Crippen LogP contribution in [0.3, 0.4) is 0 Å². The topological polar surface area (TPSA) is 61.7 Å². The van der Waals surface area contributed by atoms with Gasteiger partial charge >= 0.3 is 6.18 Å². The summed E-state index contributed by atoms with van der Waals surface area (Å²) >= 11 is 6.26. The highest BCUT2D eigenvalue weighted by atomic mass is 35.5. The highest BCUT2D eigenvalue weighted by Gasteiger charge is 2.33. The van der Waals surface area contributed by atoms with Gasteiger partial charge in [-0.25, -0.2) is 0 Å². The van der Waals surface area contributed by atoms with E-state index in [1.165, 1.54) is 24.4 Å². The SMILES string of the molecule is O=C(NCCO)c1ccc(-c2cc(C(F)(F)F)cc3c2C=NC3)c(Cl)c1.